The number of rotatable bonds is 6. The summed E-state index contributed by atoms with van der Waals surface area (Å²) in [5.74, 6) is -1.26. The second-order valence-electron chi connectivity index (χ2n) is 5.30. The normalized spacial score (nSPS) is 10.8. The molecule has 114 valence electrons. The number of urea groups is 1. The maximum Gasteiger partial charge on any atom is 0.316 e. The Bertz CT molecular complexity index is 555. The number of nitrogens with one attached hydrogen (secondary N) is 2. The largest absolute Gasteiger partial charge is 0.481 e. The number of hydrogen-bond donors (Lipinski definition) is 4. The summed E-state index contributed by atoms with van der Waals surface area (Å²) in [6.45, 7) is 3.50. The number of carbonyl (C=O) groups excluding carboxylic acids is 2. The SMILES string of the molecule is CC(C)(CCC(=O)O)NC(=O)c1cccc(NC(N)=O)c1. The predicted molar refractivity (Wildman–Crippen MR) is 78.1 cm³/mol. The van der Waals surface area contributed by atoms with Gasteiger partial charge in [-0.25, -0.2) is 4.79 Å². The molecule has 5 N–H and O–H groups in total. The van der Waals surface area contributed by atoms with Crippen LogP contribution in [0.4, 0.5) is 10.5 Å². The van der Waals surface area contributed by atoms with Crippen LogP contribution < -0.4 is 16.4 Å². The molecule has 0 saturated heterocycles. The van der Waals surface area contributed by atoms with Gasteiger partial charge in [0.05, 0.1) is 0 Å². The van der Waals surface area contributed by atoms with Crippen molar-refractivity contribution in [3.05, 3.63) is 29.8 Å². The number of carboxylic acids is 1. The summed E-state index contributed by atoms with van der Waals surface area (Å²) in [6.07, 6.45) is 0.282. The second-order valence-corrected chi connectivity index (χ2v) is 5.30. The van der Waals surface area contributed by atoms with Gasteiger partial charge in [0.1, 0.15) is 0 Å². The van der Waals surface area contributed by atoms with E-state index in [-0.39, 0.29) is 12.3 Å². The smallest absolute Gasteiger partial charge is 0.316 e. The van der Waals surface area contributed by atoms with Crippen LogP contribution in [0.3, 0.4) is 0 Å². The summed E-state index contributed by atoms with van der Waals surface area (Å²) in [5.41, 5.74) is 5.13. The quantitative estimate of drug-likeness (QED) is 0.635. The predicted octanol–water partition coefficient (Wildman–Crippen LogP) is 1.55. The van der Waals surface area contributed by atoms with Crippen molar-refractivity contribution in [3.8, 4) is 0 Å². The molecule has 0 heterocycles. The van der Waals surface area contributed by atoms with Crippen molar-refractivity contribution in [2.24, 2.45) is 5.73 Å². The monoisotopic (exact) mass is 293 g/mol. The number of carbonyl (C=O) groups is 3. The van der Waals surface area contributed by atoms with Crippen LogP contribution in [0.1, 0.15) is 37.0 Å². The van der Waals surface area contributed by atoms with Gasteiger partial charge >= 0.3 is 12.0 Å². The average Bonchev–Trinajstić information content (AvgIpc) is 2.35. The highest BCUT2D eigenvalue weighted by Gasteiger charge is 2.22. The molecule has 7 heteroatoms. The highest BCUT2D eigenvalue weighted by atomic mass is 16.4. The van der Waals surface area contributed by atoms with Gasteiger partial charge in [0, 0.05) is 23.2 Å². The second kappa shape index (κ2) is 6.74. The van der Waals surface area contributed by atoms with Crippen LogP contribution in [0.25, 0.3) is 0 Å². The molecule has 0 fully saturated rings. The van der Waals surface area contributed by atoms with Gasteiger partial charge in [0.15, 0.2) is 0 Å². The zero-order valence-corrected chi connectivity index (χ0v) is 12.0. The number of aliphatic carboxylic acids is 1. The van der Waals surface area contributed by atoms with Crippen LogP contribution in [-0.2, 0) is 4.79 Å². The van der Waals surface area contributed by atoms with Crippen LogP contribution in [-0.4, -0.2) is 28.6 Å². The molecule has 0 atom stereocenters. The van der Waals surface area contributed by atoms with Gasteiger partial charge in [-0.1, -0.05) is 6.07 Å². The first-order chi connectivity index (χ1) is 9.69. The van der Waals surface area contributed by atoms with Crippen molar-refractivity contribution in [3.63, 3.8) is 0 Å². The molecule has 0 saturated carbocycles. The van der Waals surface area contributed by atoms with Crippen molar-refractivity contribution in [1.29, 1.82) is 0 Å². The Hall–Kier alpha value is -2.57. The number of primary amides is 1. The van der Waals surface area contributed by atoms with Crippen LogP contribution >= 0.6 is 0 Å². The number of carboxylic acid groups (broad SMARTS) is 1. The van der Waals surface area contributed by atoms with Gasteiger partial charge < -0.3 is 21.5 Å². The van der Waals surface area contributed by atoms with Crippen LogP contribution in [0.2, 0.25) is 0 Å². The van der Waals surface area contributed by atoms with E-state index < -0.39 is 17.5 Å². The summed E-state index contributed by atoms with van der Waals surface area (Å²) in [7, 11) is 0. The van der Waals surface area contributed by atoms with E-state index in [4.69, 9.17) is 10.8 Å². The molecule has 21 heavy (non-hydrogen) atoms. The molecule has 0 aliphatic heterocycles. The zero-order chi connectivity index (χ0) is 16.0. The molecule has 0 radical (unpaired) electrons. The highest BCUT2D eigenvalue weighted by molar-refractivity contribution is 5.97. The third kappa shape index (κ3) is 5.94. The molecule has 0 aliphatic rings. The van der Waals surface area contributed by atoms with Crippen molar-refractivity contribution < 1.29 is 19.5 Å². The van der Waals surface area contributed by atoms with E-state index in [2.05, 4.69) is 10.6 Å². The molecule has 3 amide bonds. The summed E-state index contributed by atoms with van der Waals surface area (Å²) in [5, 5.41) is 13.8. The minimum atomic E-state index is -0.912. The Kier molecular flexibility index (Phi) is 5.29. The van der Waals surface area contributed by atoms with Crippen molar-refractivity contribution >= 4 is 23.6 Å². The first-order valence-electron chi connectivity index (χ1n) is 6.40. The van der Waals surface area contributed by atoms with E-state index in [9.17, 15) is 14.4 Å². The number of nitrogens with two attached hydrogens (primary N) is 1. The van der Waals surface area contributed by atoms with E-state index in [1.807, 2.05) is 0 Å². The lowest BCUT2D eigenvalue weighted by Crippen LogP contribution is -2.43. The lowest BCUT2D eigenvalue weighted by atomic mass is 9.97. The fraction of sp³-hybridized carbons (Fsp3) is 0.357. The first-order valence-corrected chi connectivity index (χ1v) is 6.40. The first kappa shape index (κ1) is 16.5. The van der Waals surface area contributed by atoms with E-state index in [1.54, 1.807) is 32.0 Å². The van der Waals surface area contributed by atoms with E-state index in [1.165, 1.54) is 6.07 Å². The maximum absolute atomic E-state index is 12.1. The Labute approximate surface area is 122 Å². The topological polar surface area (TPSA) is 122 Å². The van der Waals surface area contributed by atoms with E-state index >= 15 is 0 Å². The van der Waals surface area contributed by atoms with Crippen molar-refractivity contribution in [2.75, 3.05) is 5.32 Å². The molecule has 7 nitrogen and oxygen atoms in total. The molecule has 0 bridgehead atoms. The van der Waals surface area contributed by atoms with Crippen molar-refractivity contribution in [1.82, 2.24) is 5.32 Å². The molecule has 0 aliphatic carbocycles. The van der Waals surface area contributed by atoms with Crippen LogP contribution in [0, 0.1) is 0 Å². The summed E-state index contributed by atoms with van der Waals surface area (Å²) in [6, 6.07) is 5.60. The highest BCUT2D eigenvalue weighted by Crippen LogP contribution is 2.15. The third-order valence-corrected chi connectivity index (χ3v) is 2.81. The summed E-state index contributed by atoms with van der Waals surface area (Å²) in [4.78, 5) is 33.5. The fourth-order valence-corrected chi connectivity index (χ4v) is 1.74. The van der Waals surface area contributed by atoms with Gasteiger partial charge in [0.25, 0.3) is 5.91 Å². The van der Waals surface area contributed by atoms with E-state index in [0.29, 0.717) is 17.7 Å². The van der Waals surface area contributed by atoms with Crippen molar-refractivity contribution in [2.45, 2.75) is 32.2 Å². The Morgan fingerprint density at radius 3 is 2.52 bits per heavy atom. The molecular weight excluding hydrogens is 274 g/mol. The minimum Gasteiger partial charge on any atom is -0.481 e. The Morgan fingerprint density at radius 2 is 1.95 bits per heavy atom. The number of amides is 3. The maximum atomic E-state index is 12.1. The lowest BCUT2D eigenvalue weighted by molar-refractivity contribution is -0.137. The van der Waals surface area contributed by atoms with Crippen LogP contribution in [0.15, 0.2) is 24.3 Å². The average molecular weight is 293 g/mol. The molecule has 0 unspecified atom stereocenters. The van der Waals surface area contributed by atoms with Crippen LogP contribution in [0.5, 0.6) is 0 Å². The lowest BCUT2D eigenvalue weighted by Gasteiger charge is -2.25. The number of benzene rings is 1. The van der Waals surface area contributed by atoms with Gasteiger partial charge in [-0.3, -0.25) is 9.59 Å². The summed E-state index contributed by atoms with van der Waals surface area (Å²) < 4.78 is 0. The van der Waals surface area contributed by atoms with Gasteiger partial charge in [0.2, 0.25) is 0 Å². The van der Waals surface area contributed by atoms with Gasteiger partial charge in [-0.05, 0) is 38.5 Å². The fourth-order valence-electron chi connectivity index (χ4n) is 1.74. The summed E-state index contributed by atoms with van der Waals surface area (Å²) >= 11 is 0. The standard InChI is InChI=1S/C14H19N3O4/c1-14(2,7-6-11(18)19)17-12(20)9-4-3-5-10(8-9)16-13(15)21/h3-5,8H,6-7H2,1-2H3,(H,17,20)(H,18,19)(H3,15,16,21). The molecule has 1 rings (SSSR count). The Morgan fingerprint density at radius 1 is 1.29 bits per heavy atom. The zero-order valence-electron chi connectivity index (χ0n) is 12.0. The Balaban J connectivity index is 2.74. The van der Waals surface area contributed by atoms with Gasteiger partial charge in [-0.2, -0.15) is 0 Å². The number of hydrogen-bond acceptors (Lipinski definition) is 3. The third-order valence-electron chi connectivity index (χ3n) is 2.81. The molecular formula is C14H19N3O4. The molecule has 1 aromatic carbocycles. The number of anilines is 1. The molecule has 0 spiro atoms. The molecule has 1 aromatic rings. The van der Waals surface area contributed by atoms with Gasteiger partial charge in [-0.15, -0.1) is 0 Å². The minimum absolute atomic E-state index is 0.0312. The van der Waals surface area contributed by atoms with E-state index in [0.717, 1.165) is 0 Å². The molecule has 0 aromatic heterocycles.